The van der Waals surface area contributed by atoms with Gasteiger partial charge in [-0.2, -0.15) is 5.10 Å². The van der Waals surface area contributed by atoms with Crippen molar-refractivity contribution in [2.24, 2.45) is 0 Å². The zero-order chi connectivity index (χ0) is 18.2. The third-order valence-corrected chi connectivity index (χ3v) is 3.52. The molecule has 0 fully saturated rings. The molecule has 0 saturated carbocycles. The molecule has 0 atom stereocenters. The first-order valence-corrected chi connectivity index (χ1v) is 8.00. The van der Waals surface area contributed by atoms with Gasteiger partial charge in [0.1, 0.15) is 12.7 Å². The Morgan fingerprint density at radius 1 is 1.28 bits per heavy atom. The Morgan fingerprint density at radius 2 is 2.00 bits per heavy atom. The predicted octanol–water partition coefficient (Wildman–Crippen LogP) is 1.91. The van der Waals surface area contributed by atoms with Gasteiger partial charge in [-0.1, -0.05) is 24.3 Å². The van der Waals surface area contributed by atoms with Crippen molar-refractivity contribution >= 4 is 11.9 Å². The average Bonchev–Trinajstić information content (AvgIpc) is 3.10. The fraction of sp³-hybridized carbons (Fsp3) is 0.333. The van der Waals surface area contributed by atoms with E-state index in [1.165, 1.54) is 6.33 Å². The summed E-state index contributed by atoms with van der Waals surface area (Å²) in [7, 11) is 0. The van der Waals surface area contributed by atoms with Gasteiger partial charge in [0.05, 0.1) is 12.1 Å². The minimum Gasteiger partial charge on any atom is -0.452 e. The van der Waals surface area contributed by atoms with Crippen molar-refractivity contribution in [3.05, 3.63) is 60.2 Å². The highest BCUT2D eigenvalue weighted by Crippen LogP contribution is 2.08. The van der Waals surface area contributed by atoms with E-state index in [1.54, 1.807) is 28.0 Å². The molecule has 0 bridgehead atoms. The molecule has 2 aromatic rings. The number of esters is 1. The first kappa shape index (κ1) is 18.4. The van der Waals surface area contributed by atoms with Gasteiger partial charge in [-0.3, -0.25) is 4.79 Å². The lowest BCUT2D eigenvalue weighted by Gasteiger charge is -2.20. The van der Waals surface area contributed by atoms with Crippen molar-refractivity contribution in [1.29, 1.82) is 0 Å². The Morgan fingerprint density at radius 3 is 2.56 bits per heavy atom. The van der Waals surface area contributed by atoms with E-state index < -0.39 is 5.97 Å². The first-order valence-electron chi connectivity index (χ1n) is 8.00. The van der Waals surface area contributed by atoms with Gasteiger partial charge in [0.2, 0.25) is 0 Å². The van der Waals surface area contributed by atoms with Crippen molar-refractivity contribution in [2.45, 2.75) is 20.4 Å². The van der Waals surface area contributed by atoms with E-state index in [2.05, 4.69) is 16.7 Å². The molecule has 1 amide bonds. The summed E-state index contributed by atoms with van der Waals surface area (Å²) in [5, 5.41) is 4.03. The summed E-state index contributed by atoms with van der Waals surface area (Å²) < 4.78 is 6.80. The number of likely N-dealkylation sites (N-methyl/N-ethyl adjacent to an activating group) is 1. The molecule has 0 unspecified atom stereocenters. The van der Waals surface area contributed by atoms with Crippen molar-refractivity contribution in [1.82, 2.24) is 19.7 Å². The van der Waals surface area contributed by atoms with Crippen LogP contribution in [0, 0.1) is 0 Å². The minimum atomic E-state index is -0.521. The predicted molar refractivity (Wildman–Crippen MR) is 92.9 cm³/mol. The minimum absolute atomic E-state index is 0.235. The maximum Gasteiger partial charge on any atom is 0.338 e. The maximum absolute atomic E-state index is 12.1. The van der Waals surface area contributed by atoms with Crippen LogP contribution in [0.1, 0.15) is 29.8 Å². The Balaban J connectivity index is 1.88. The molecule has 25 heavy (non-hydrogen) atoms. The number of carbonyl (C=O) groups excluding carboxylic acids is 2. The molecule has 0 saturated heterocycles. The first-order chi connectivity index (χ1) is 12.0. The van der Waals surface area contributed by atoms with Crippen molar-refractivity contribution < 1.29 is 14.3 Å². The number of benzene rings is 1. The Bertz CT molecular complexity index is 723. The molecule has 0 aliphatic heterocycles. The average molecular weight is 342 g/mol. The van der Waals surface area contributed by atoms with Crippen LogP contribution in [0.4, 0.5) is 0 Å². The second-order valence-corrected chi connectivity index (χ2v) is 5.73. The third-order valence-electron chi connectivity index (χ3n) is 3.52. The maximum atomic E-state index is 12.1. The number of ether oxygens (including phenoxy) is 1. The van der Waals surface area contributed by atoms with Gasteiger partial charge in [0.25, 0.3) is 5.91 Å². The summed E-state index contributed by atoms with van der Waals surface area (Å²) in [5.74, 6) is -0.756. The number of carbonyl (C=O) groups is 2. The molecular weight excluding hydrogens is 320 g/mol. The highest BCUT2D eigenvalue weighted by Gasteiger charge is 2.15. The topological polar surface area (TPSA) is 77.3 Å². The molecule has 0 spiro atoms. The van der Waals surface area contributed by atoms with E-state index in [0.717, 1.165) is 11.1 Å². The number of rotatable bonds is 8. The van der Waals surface area contributed by atoms with Gasteiger partial charge in [0, 0.05) is 13.1 Å². The number of aromatic nitrogens is 3. The molecule has 0 N–H and O–H groups in total. The summed E-state index contributed by atoms with van der Waals surface area (Å²) in [6.07, 6.45) is 3.09. The van der Waals surface area contributed by atoms with Crippen LogP contribution >= 0.6 is 0 Å². The Labute approximate surface area is 146 Å². The molecule has 2 rings (SSSR count). The van der Waals surface area contributed by atoms with E-state index in [0.29, 0.717) is 25.2 Å². The summed E-state index contributed by atoms with van der Waals surface area (Å²) in [6, 6.07) is 6.98. The zero-order valence-electron chi connectivity index (χ0n) is 14.5. The zero-order valence-corrected chi connectivity index (χ0v) is 14.5. The third kappa shape index (κ3) is 5.56. The van der Waals surface area contributed by atoms with Crippen LogP contribution in [0.15, 0.2) is 49.1 Å². The van der Waals surface area contributed by atoms with Gasteiger partial charge < -0.3 is 9.64 Å². The van der Waals surface area contributed by atoms with Crippen LogP contribution in [0.3, 0.4) is 0 Å². The standard InChI is InChI=1S/C18H22N4O3/c1-4-21(9-14(2)3)17(23)11-25-18(24)16-7-5-15(6-8-16)10-22-13-19-12-20-22/h5-8,12-13H,2,4,9-11H2,1,3H3. The second-order valence-electron chi connectivity index (χ2n) is 5.73. The molecular formula is C18H22N4O3. The van der Waals surface area contributed by atoms with Crippen LogP contribution in [-0.2, 0) is 16.1 Å². The molecule has 132 valence electrons. The van der Waals surface area contributed by atoms with Crippen LogP contribution in [0.2, 0.25) is 0 Å². The molecule has 0 aliphatic carbocycles. The smallest absolute Gasteiger partial charge is 0.338 e. The Kier molecular flexibility index (Phi) is 6.45. The second kappa shape index (κ2) is 8.77. The molecule has 0 radical (unpaired) electrons. The summed E-state index contributed by atoms with van der Waals surface area (Å²) in [4.78, 5) is 29.6. The number of hydrogen-bond donors (Lipinski definition) is 0. The van der Waals surface area contributed by atoms with Crippen LogP contribution < -0.4 is 0 Å². The van der Waals surface area contributed by atoms with Gasteiger partial charge in [-0.25, -0.2) is 14.5 Å². The molecule has 0 aliphatic rings. The lowest BCUT2D eigenvalue weighted by molar-refractivity contribution is -0.133. The van der Waals surface area contributed by atoms with Gasteiger partial charge in [-0.05, 0) is 31.5 Å². The van der Waals surface area contributed by atoms with Crippen molar-refractivity contribution in [2.75, 3.05) is 19.7 Å². The summed E-state index contributed by atoms with van der Waals surface area (Å²) in [5.41, 5.74) is 2.26. The fourth-order valence-corrected chi connectivity index (χ4v) is 2.25. The van der Waals surface area contributed by atoms with Crippen molar-refractivity contribution in [3.8, 4) is 0 Å². The van der Waals surface area contributed by atoms with Gasteiger partial charge >= 0.3 is 5.97 Å². The van der Waals surface area contributed by atoms with E-state index in [1.807, 2.05) is 26.0 Å². The molecule has 1 heterocycles. The monoisotopic (exact) mass is 342 g/mol. The molecule has 1 aromatic heterocycles. The number of amides is 1. The molecule has 7 nitrogen and oxygen atoms in total. The number of hydrogen-bond acceptors (Lipinski definition) is 5. The van der Waals surface area contributed by atoms with E-state index in [9.17, 15) is 9.59 Å². The fourth-order valence-electron chi connectivity index (χ4n) is 2.25. The normalized spacial score (nSPS) is 10.3. The lowest BCUT2D eigenvalue weighted by Crippen LogP contribution is -2.35. The SMILES string of the molecule is C=C(C)CN(CC)C(=O)COC(=O)c1ccc(Cn2cncn2)cc1. The quantitative estimate of drug-likeness (QED) is 0.541. The van der Waals surface area contributed by atoms with Gasteiger partial charge in [0.15, 0.2) is 6.61 Å². The number of nitrogens with zero attached hydrogens (tertiary/aromatic N) is 4. The van der Waals surface area contributed by atoms with Crippen molar-refractivity contribution in [3.63, 3.8) is 0 Å². The Hall–Kier alpha value is -2.96. The van der Waals surface area contributed by atoms with E-state index >= 15 is 0 Å². The van der Waals surface area contributed by atoms with Crippen LogP contribution in [0.5, 0.6) is 0 Å². The summed E-state index contributed by atoms with van der Waals surface area (Å²) >= 11 is 0. The molecule has 1 aromatic carbocycles. The van der Waals surface area contributed by atoms with E-state index in [-0.39, 0.29) is 12.5 Å². The van der Waals surface area contributed by atoms with Crippen LogP contribution in [0.25, 0.3) is 0 Å². The largest absolute Gasteiger partial charge is 0.452 e. The molecule has 7 heteroatoms. The van der Waals surface area contributed by atoms with E-state index in [4.69, 9.17) is 4.74 Å². The van der Waals surface area contributed by atoms with Crippen LogP contribution in [-0.4, -0.2) is 51.2 Å². The summed E-state index contributed by atoms with van der Waals surface area (Å²) in [6.45, 7) is 8.81. The van der Waals surface area contributed by atoms with Gasteiger partial charge in [-0.15, -0.1) is 0 Å². The highest BCUT2D eigenvalue weighted by atomic mass is 16.5. The highest BCUT2D eigenvalue weighted by molar-refractivity contribution is 5.91. The lowest BCUT2D eigenvalue weighted by atomic mass is 10.1.